The summed E-state index contributed by atoms with van der Waals surface area (Å²) in [6, 6.07) is 16.3. The first-order valence-corrected chi connectivity index (χ1v) is 7.90. The van der Waals surface area contributed by atoms with E-state index in [1.807, 2.05) is 50.4 Å². The quantitative estimate of drug-likeness (QED) is 0.720. The summed E-state index contributed by atoms with van der Waals surface area (Å²) in [5, 5.41) is 1.01. The molecule has 1 aromatic heterocycles. The summed E-state index contributed by atoms with van der Waals surface area (Å²) in [7, 11) is 1.99. The van der Waals surface area contributed by atoms with Crippen LogP contribution in [0.25, 0.3) is 10.9 Å². The van der Waals surface area contributed by atoms with E-state index >= 15 is 0 Å². The summed E-state index contributed by atoms with van der Waals surface area (Å²) >= 11 is 0. The van der Waals surface area contributed by atoms with Gasteiger partial charge in [-0.15, -0.1) is 0 Å². The van der Waals surface area contributed by atoms with Gasteiger partial charge in [0.15, 0.2) is 5.78 Å². The van der Waals surface area contributed by atoms with Gasteiger partial charge in [-0.3, -0.25) is 9.69 Å². The molecule has 1 N–H and O–H groups in total. The van der Waals surface area contributed by atoms with Crippen molar-refractivity contribution in [3.63, 3.8) is 0 Å². The number of ketones is 1. The number of nitrogens with one attached hydrogen (secondary N) is 1. The summed E-state index contributed by atoms with van der Waals surface area (Å²) in [5.41, 5.74) is 5.31. The van der Waals surface area contributed by atoms with Gasteiger partial charge in [0.2, 0.25) is 0 Å². The largest absolute Gasteiger partial charge is 0.358 e. The highest BCUT2D eigenvalue weighted by molar-refractivity contribution is 6.10. The van der Waals surface area contributed by atoms with Gasteiger partial charge in [0, 0.05) is 28.7 Å². The number of aromatic nitrogens is 1. The van der Waals surface area contributed by atoms with Crippen LogP contribution in [0.2, 0.25) is 0 Å². The third-order valence-electron chi connectivity index (χ3n) is 4.29. The molecular weight excluding hydrogens is 284 g/mol. The molecule has 3 heteroatoms. The Morgan fingerprint density at radius 1 is 1.04 bits per heavy atom. The number of carbonyl (C=O) groups is 1. The lowest BCUT2D eigenvalue weighted by molar-refractivity contribution is 0.0944. The first-order valence-electron chi connectivity index (χ1n) is 7.90. The number of rotatable bonds is 5. The molecule has 0 aliphatic rings. The molecule has 2 aromatic carbocycles. The van der Waals surface area contributed by atoms with Crippen LogP contribution >= 0.6 is 0 Å². The van der Waals surface area contributed by atoms with E-state index in [4.69, 9.17) is 0 Å². The number of fused-ring (bicyclic) bond motifs is 1. The van der Waals surface area contributed by atoms with Crippen LogP contribution in [0.1, 0.15) is 27.2 Å². The molecule has 0 aliphatic heterocycles. The van der Waals surface area contributed by atoms with Gasteiger partial charge in [0.05, 0.1) is 6.54 Å². The molecule has 3 rings (SSSR count). The summed E-state index contributed by atoms with van der Waals surface area (Å²) in [6.45, 7) is 5.26. The van der Waals surface area contributed by atoms with E-state index in [0.29, 0.717) is 6.54 Å². The Morgan fingerprint density at radius 3 is 2.52 bits per heavy atom. The number of nitrogens with zero attached hydrogens (tertiary/aromatic N) is 1. The molecule has 0 bridgehead atoms. The Hall–Kier alpha value is -2.39. The van der Waals surface area contributed by atoms with Crippen LogP contribution in [0.15, 0.2) is 48.5 Å². The van der Waals surface area contributed by atoms with Crippen molar-refractivity contribution in [1.82, 2.24) is 9.88 Å². The van der Waals surface area contributed by atoms with Crippen LogP contribution < -0.4 is 0 Å². The maximum Gasteiger partial charge on any atom is 0.179 e. The lowest BCUT2D eigenvalue weighted by atomic mass is 10.1. The molecule has 0 fully saturated rings. The van der Waals surface area contributed by atoms with E-state index in [1.54, 1.807) is 0 Å². The molecule has 3 aromatic rings. The molecule has 0 saturated heterocycles. The maximum atomic E-state index is 12.8. The Morgan fingerprint density at radius 2 is 1.74 bits per heavy atom. The third kappa shape index (κ3) is 3.20. The predicted molar refractivity (Wildman–Crippen MR) is 94.9 cm³/mol. The van der Waals surface area contributed by atoms with Crippen molar-refractivity contribution < 1.29 is 4.79 Å². The van der Waals surface area contributed by atoms with Gasteiger partial charge in [-0.25, -0.2) is 0 Å². The molecule has 0 radical (unpaired) electrons. The number of benzene rings is 2. The molecule has 0 spiro atoms. The second-order valence-corrected chi connectivity index (χ2v) is 6.19. The van der Waals surface area contributed by atoms with E-state index in [2.05, 4.69) is 28.9 Å². The summed E-state index contributed by atoms with van der Waals surface area (Å²) in [6.07, 6.45) is 0. The number of aromatic amines is 1. The van der Waals surface area contributed by atoms with Gasteiger partial charge < -0.3 is 4.98 Å². The molecule has 3 nitrogen and oxygen atoms in total. The van der Waals surface area contributed by atoms with Gasteiger partial charge >= 0.3 is 0 Å². The first-order chi connectivity index (χ1) is 11.1. The highest BCUT2D eigenvalue weighted by Gasteiger charge is 2.17. The number of hydrogen-bond donors (Lipinski definition) is 1. The number of aryl methyl sites for hydroxylation is 2. The number of Topliss-reactive ketones (excluding diaryl/α,β-unsaturated/α-hetero) is 1. The van der Waals surface area contributed by atoms with E-state index < -0.39 is 0 Å². The van der Waals surface area contributed by atoms with Crippen molar-refractivity contribution in [2.24, 2.45) is 0 Å². The minimum Gasteiger partial charge on any atom is -0.358 e. The molecule has 0 amide bonds. The zero-order chi connectivity index (χ0) is 16.4. The highest BCUT2D eigenvalue weighted by atomic mass is 16.1. The van der Waals surface area contributed by atoms with Crippen molar-refractivity contribution >= 4 is 16.7 Å². The van der Waals surface area contributed by atoms with Crippen LogP contribution in [0.5, 0.6) is 0 Å². The van der Waals surface area contributed by atoms with Gasteiger partial charge in [0.1, 0.15) is 0 Å². The fourth-order valence-electron chi connectivity index (χ4n) is 3.09. The number of para-hydroxylation sites is 1. The molecular formula is C20H22N2O. The van der Waals surface area contributed by atoms with Gasteiger partial charge in [-0.05, 0) is 38.1 Å². The van der Waals surface area contributed by atoms with Gasteiger partial charge in [-0.1, -0.05) is 42.5 Å². The second kappa shape index (κ2) is 6.39. The molecule has 1 heterocycles. The van der Waals surface area contributed by atoms with Crippen molar-refractivity contribution in [2.75, 3.05) is 13.6 Å². The highest BCUT2D eigenvalue weighted by Crippen LogP contribution is 2.22. The van der Waals surface area contributed by atoms with Crippen LogP contribution in [-0.4, -0.2) is 29.3 Å². The summed E-state index contributed by atoms with van der Waals surface area (Å²) in [4.78, 5) is 18.1. The molecule has 0 atom stereocenters. The molecule has 0 saturated carbocycles. The summed E-state index contributed by atoms with van der Waals surface area (Å²) in [5.74, 6) is 0.163. The average Bonchev–Trinajstić information content (AvgIpc) is 2.85. The monoisotopic (exact) mass is 306 g/mol. The number of H-pyrrole nitrogens is 1. The minimum atomic E-state index is 0.163. The van der Waals surface area contributed by atoms with Crippen LogP contribution in [0.3, 0.4) is 0 Å². The zero-order valence-corrected chi connectivity index (χ0v) is 13.9. The Kier molecular flexibility index (Phi) is 4.30. The predicted octanol–water partition coefficient (Wildman–Crippen LogP) is 4.10. The van der Waals surface area contributed by atoms with Crippen molar-refractivity contribution in [3.05, 3.63) is 70.9 Å². The number of carbonyl (C=O) groups excluding carboxylic acids is 1. The molecule has 0 unspecified atom stereocenters. The van der Waals surface area contributed by atoms with E-state index in [0.717, 1.165) is 28.7 Å². The Bertz CT molecular complexity index is 848. The lowest BCUT2D eigenvalue weighted by Gasteiger charge is -2.17. The normalized spacial score (nSPS) is 11.3. The smallest absolute Gasteiger partial charge is 0.179 e. The van der Waals surface area contributed by atoms with E-state index in [9.17, 15) is 4.79 Å². The molecule has 118 valence electrons. The van der Waals surface area contributed by atoms with Crippen LogP contribution in [-0.2, 0) is 6.54 Å². The Balaban J connectivity index is 1.78. The number of likely N-dealkylation sites (N-methyl/N-ethyl adjacent to an activating group) is 1. The summed E-state index contributed by atoms with van der Waals surface area (Å²) < 4.78 is 0. The third-order valence-corrected chi connectivity index (χ3v) is 4.29. The van der Waals surface area contributed by atoms with E-state index in [-0.39, 0.29) is 5.78 Å². The first kappa shape index (κ1) is 15.5. The second-order valence-electron chi connectivity index (χ2n) is 6.19. The fraction of sp³-hybridized carbons (Fsp3) is 0.250. The van der Waals surface area contributed by atoms with Crippen LogP contribution in [0, 0.1) is 13.8 Å². The molecule has 23 heavy (non-hydrogen) atoms. The maximum absolute atomic E-state index is 12.8. The Labute approximate surface area is 136 Å². The SMILES string of the molecule is Cc1ccccc1CN(C)CC(=O)c1c(C)[nH]c2ccccc12. The minimum absolute atomic E-state index is 0.163. The van der Waals surface area contributed by atoms with Gasteiger partial charge in [0.25, 0.3) is 0 Å². The fourth-order valence-corrected chi connectivity index (χ4v) is 3.09. The number of hydrogen-bond acceptors (Lipinski definition) is 2. The van der Waals surface area contributed by atoms with Crippen LogP contribution in [0.4, 0.5) is 0 Å². The van der Waals surface area contributed by atoms with Crippen molar-refractivity contribution in [2.45, 2.75) is 20.4 Å². The average molecular weight is 306 g/mol. The standard InChI is InChI=1S/C20H22N2O/c1-14-8-4-5-9-16(14)12-22(3)13-19(23)20-15(2)21-18-11-7-6-10-17(18)20/h4-11,21H,12-13H2,1-3H3. The topological polar surface area (TPSA) is 36.1 Å². The van der Waals surface area contributed by atoms with E-state index in [1.165, 1.54) is 11.1 Å². The van der Waals surface area contributed by atoms with Crippen molar-refractivity contribution in [1.29, 1.82) is 0 Å². The van der Waals surface area contributed by atoms with Crippen molar-refractivity contribution in [3.8, 4) is 0 Å². The lowest BCUT2D eigenvalue weighted by Crippen LogP contribution is -2.26. The van der Waals surface area contributed by atoms with Gasteiger partial charge in [-0.2, -0.15) is 0 Å². The zero-order valence-electron chi connectivity index (χ0n) is 13.9. The molecule has 0 aliphatic carbocycles.